The van der Waals surface area contributed by atoms with E-state index in [1.165, 1.54) is 5.56 Å². The van der Waals surface area contributed by atoms with E-state index in [0.717, 1.165) is 41.1 Å². The minimum atomic E-state index is 0. The predicted molar refractivity (Wildman–Crippen MR) is 106 cm³/mol. The molecule has 6 heteroatoms. The number of nitrogens with zero attached hydrogens (tertiary/aromatic N) is 1. The van der Waals surface area contributed by atoms with Gasteiger partial charge in [0, 0.05) is 28.8 Å². The van der Waals surface area contributed by atoms with Gasteiger partial charge < -0.3 is 14.8 Å². The quantitative estimate of drug-likeness (QED) is 0.656. The largest absolute Gasteiger partial charge is 0.493 e. The first kappa shape index (κ1) is 19.2. The Morgan fingerprint density at radius 2 is 1.80 bits per heavy atom. The summed E-state index contributed by atoms with van der Waals surface area (Å²) in [6.45, 7) is 0.803. The molecule has 0 radical (unpaired) electrons. The van der Waals surface area contributed by atoms with Crippen LogP contribution in [-0.4, -0.2) is 25.7 Å². The van der Waals surface area contributed by atoms with Crippen molar-refractivity contribution in [1.29, 1.82) is 0 Å². The van der Waals surface area contributed by atoms with Crippen molar-refractivity contribution in [3.05, 3.63) is 59.2 Å². The molecule has 0 fully saturated rings. The summed E-state index contributed by atoms with van der Waals surface area (Å²) in [4.78, 5) is 4.36. The van der Waals surface area contributed by atoms with Gasteiger partial charge in [-0.05, 0) is 48.4 Å². The summed E-state index contributed by atoms with van der Waals surface area (Å²) in [5.41, 5.74) is 3.12. The van der Waals surface area contributed by atoms with Crippen molar-refractivity contribution in [3.63, 3.8) is 0 Å². The molecule has 25 heavy (non-hydrogen) atoms. The number of fused-ring (bicyclic) bond motifs is 1. The number of pyridine rings is 1. The van der Waals surface area contributed by atoms with Gasteiger partial charge in [0.25, 0.3) is 0 Å². The minimum absolute atomic E-state index is 0. The average Bonchev–Trinajstić information content (AvgIpc) is 2.61. The molecule has 3 aromatic rings. The van der Waals surface area contributed by atoms with Crippen LogP contribution in [0.2, 0.25) is 5.02 Å². The summed E-state index contributed by atoms with van der Waals surface area (Å²) in [7, 11) is 3.29. The zero-order chi connectivity index (χ0) is 16.9. The van der Waals surface area contributed by atoms with Crippen LogP contribution in [0.25, 0.3) is 10.9 Å². The molecule has 0 spiro atoms. The summed E-state index contributed by atoms with van der Waals surface area (Å²) in [5, 5.41) is 5.22. The van der Waals surface area contributed by atoms with Gasteiger partial charge in [0.05, 0.1) is 19.7 Å². The van der Waals surface area contributed by atoms with Crippen LogP contribution >= 0.6 is 24.0 Å². The number of nitrogens with one attached hydrogen (secondary N) is 1. The molecule has 4 nitrogen and oxygen atoms in total. The van der Waals surface area contributed by atoms with Crippen molar-refractivity contribution in [1.82, 2.24) is 4.98 Å². The third kappa shape index (κ3) is 4.47. The summed E-state index contributed by atoms with van der Waals surface area (Å²) in [6, 6.07) is 13.7. The molecule has 1 heterocycles. The maximum absolute atomic E-state index is 6.03. The number of aromatic nitrogens is 1. The molecule has 0 atom stereocenters. The van der Waals surface area contributed by atoms with Gasteiger partial charge in [0.2, 0.25) is 0 Å². The van der Waals surface area contributed by atoms with Crippen molar-refractivity contribution in [2.75, 3.05) is 26.1 Å². The fourth-order valence-electron chi connectivity index (χ4n) is 2.65. The summed E-state index contributed by atoms with van der Waals surface area (Å²) in [6.07, 6.45) is 2.66. The van der Waals surface area contributed by atoms with Crippen LogP contribution in [0.5, 0.6) is 11.5 Å². The van der Waals surface area contributed by atoms with Gasteiger partial charge in [-0.25, -0.2) is 0 Å². The number of methoxy groups -OCH3 is 2. The predicted octanol–water partition coefficient (Wildman–Crippen LogP) is 4.98. The van der Waals surface area contributed by atoms with Gasteiger partial charge in [-0.3, -0.25) is 4.98 Å². The molecule has 1 N–H and O–H groups in total. The first-order chi connectivity index (χ1) is 11.7. The third-order valence-electron chi connectivity index (χ3n) is 3.88. The molecular formula is C19H20Cl2N2O2. The lowest BCUT2D eigenvalue weighted by atomic mass is 10.1. The molecule has 0 bridgehead atoms. The highest BCUT2D eigenvalue weighted by Gasteiger charge is 2.05. The standard InChI is InChI=1S/C19H19ClN2O2.ClH/c1-23-18-6-3-13(11-19(18)24-2)7-9-21-16-8-10-22-17-12-14(20)4-5-15(16)17;/h3-6,8,10-12H,7,9H2,1-2H3,(H,21,22);1H. The number of ether oxygens (including phenoxy) is 2. The number of halogens is 2. The van der Waals surface area contributed by atoms with E-state index in [9.17, 15) is 0 Å². The SMILES string of the molecule is COc1ccc(CCNc2ccnc3cc(Cl)ccc23)cc1OC.Cl. The summed E-state index contributed by atoms with van der Waals surface area (Å²) >= 11 is 6.03. The van der Waals surface area contributed by atoms with E-state index in [1.54, 1.807) is 20.4 Å². The molecular weight excluding hydrogens is 359 g/mol. The van der Waals surface area contributed by atoms with Crippen LogP contribution in [-0.2, 0) is 6.42 Å². The number of rotatable bonds is 6. The number of benzene rings is 2. The van der Waals surface area contributed by atoms with Gasteiger partial charge in [0.15, 0.2) is 11.5 Å². The monoisotopic (exact) mass is 378 g/mol. The van der Waals surface area contributed by atoms with Gasteiger partial charge in [0.1, 0.15) is 0 Å². The molecule has 1 aromatic heterocycles. The molecule has 0 aliphatic heterocycles. The van der Waals surface area contributed by atoms with E-state index in [2.05, 4.69) is 10.3 Å². The Bertz CT molecular complexity index is 856. The van der Waals surface area contributed by atoms with Crippen molar-refractivity contribution < 1.29 is 9.47 Å². The Morgan fingerprint density at radius 3 is 2.56 bits per heavy atom. The first-order valence-corrected chi connectivity index (χ1v) is 8.08. The van der Waals surface area contributed by atoms with Crippen LogP contribution in [0.4, 0.5) is 5.69 Å². The highest BCUT2D eigenvalue weighted by atomic mass is 35.5. The molecule has 0 amide bonds. The molecule has 0 aliphatic rings. The first-order valence-electron chi connectivity index (χ1n) is 7.70. The van der Waals surface area contributed by atoms with Gasteiger partial charge in [-0.2, -0.15) is 0 Å². The Kier molecular flexibility index (Phi) is 6.73. The number of hydrogen-bond acceptors (Lipinski definition) is 4. The van der Waals surface area contributed by atoms with Gasteiger partial charge in [-0.1, -0.05) is 17.7 Å². The highest BCUT2D eigenvalue weighted by molar-refractivity contribution is 6.31. The fraction of sp³-hybridized carbons (Fsp3) is 0.211. The van der Waals surface area contributed by atoms with Gasteiger partial charge in [-0.15, -0.1) is 12.4 Å². The summed E-state index contributed by atoms with van der Waals surface area (Å²) in [5.74, 6) is 1.49. The highest BCUT2D eigenvalue weighted by Crippen LogP contribution is 2.28. The number of hydrogen-bond donors (Lipinski definition) is 1. The van der Waals surface area contributed by atoms with E-state index in [-0.39, 0.29) is 12.4 Å². The Morgan fingerprint density at radius 1 is 1.00 bits per heavy atom. The van der Waals surface area contributed by atoms with E-state index in [0.29, 0.717) is 5.02 Å². The zero-order valence-corrected chi connectivity index (χ0v) is 15.7. The summed E-state index contributed by atoms with van der Waals surface area (Å²) < 4.78 is 10.6. The fourth-order valence-corrected chi connectivity index (χ4v) is 2.82. The van der Waals surface area contributed by atoms with Crippen molar-refractivity contribution in [3.8, 4) is 11.5 Å². The maximum atomic E-state index is 6.03. The lowest BCUT2D eigenvalue weighted by Gasteiger charge is -2.11. The zero-order valence-electron chi connectivity index (χ0n) is 14.1. The Balaban J connectivity index is 0.00000225. The second kappa shape index (κ2) is 8.79. The lowest BCUT2D eigenvalue weighted by molar-refractivity contribution is 0.354. The van der Waals surface area contributed by atoms with Gasteiger partial charge >= 0.3 is 0 Å². The second-order valence-corrected chi connectivity index (χ2v) is 5.82. The third-order valence-corrected chi connectivity index (χ3v) is 4.12. The molecule has 132 valence electrons. The molecule has 0 aliphatic carbocycles. The second-order valence-electron chi connectivity index (χ2n) is 5.39. The van der Waals surface area contributed by atoms with Crippen LogP contribution in [0.3, 0.4) is 0 Å². The topological polar surface area (TPSA) is 43.4 Å². The van der Waals surface area contributed by atoms with E-state index < -0.39 is 0 Å². The van der Waals surface area contributed by atoms with E-state index in [1.807, 2.05) is 42.5 Å². The molecule has 0 saturated carbocycles. The average molecular weight is 379 g/mol. The van der Waals surface area contributed by atoms with E-state index >= 15 is 0 Å². The van der Waals surface area contributed by atoms with Crippen molar-refractivity contribution >= 4 is 40.6 Å². The van der Waals surface area contributed by atoms with Crippen LogP contribution in [0.1, 0.15) is 5.56 Å². The Labute approximate surface area is 158 Å². The van der Waals surface area contributed by atoms with Crippen LogP contribution < -0.4 is 14.8 Å². The normalized spacial score (nSPS) is 10.2. The number of anilines is 1. The lowest BCUT2D eigenvalue weighted by Crippen LogP contribution is -2.05. The molecule has 0 unspecified atom stereocenters. The van der Waals surface area contributed by atoms with Crippen LogP contribution in [0, 0.1) is 0 Å². The molecule has 3 rings (SSSR count). The molecule has 0 saturated heterocycles. The van der Waals surface area contributed by atoms with Crippen molar-refractivity contribution in [2.24, 2.45) is 0 Å². The minimum Gasteiger partial charge on any atom is -0.493 e. The van der Waals surface area contributed by atoms with Crippen LogP contribution in [0.15, 0.2) is 48.7 Å². The van der Waals surface area contributed by atoms with Crippen molar-refractivity contribution in [2.45, 2.75) is 6.42 Å². The smallest absolute Gasteiger partial charge is 0.160 e. The van der Waals surface area contributed by atoms with E-state index in [4.69, 9.17) is 21.1 Å². The Hall–Kier alpha value is -2.17. The maximum Gasteiger partial charge on any atom is 0.160 e. The molecule has 2 aromatic carbocycles.